The summed E-state index contributed by atoms with van der Waals surface area (Å²) in [5.41, 5.74) is 3.29. The zero-order valence-electron chi connectivity index (χ0n) is 15.1. The fraction of sp³-hybridized carbons (Fsp3) is 0.381. The first-order valence-electron chi connectivity index (χ1n) is 8.85. The predicted molar refractivity (Wildman–Crippen MR) is 103 cm³/mol. The van der Waals surface area contributed by atoms with Crippen molar-refractivity contribution >= 4 is 11.6 Å². The highest BCUT2D eigenvalue weighted by Gasteiger charge is 2.11. The van der Waals surface area contributed by atoms with E-state index in [2.05, 4.69) is 31.3 Å². The van der Waals surface area contributed by atoms with E-state index in [1.54, 1.807) is 0 Å². The summed E-state index contributed by atoms with van der Waals surface area (Å²) < 4.78 is 0. The Morgan fingerprint density at radius 1 is 1.04 bits per heavy atom. The topological polar surface area (TPSA) is 52.6 Å². The molecule has 0 heterocycles. The minimum absolute atomic E-state index is 0.0468. The fourth-order valence-corrected chi connectivity index (χ4v) is 2.70. The van der Waals surface area contributed by atoms with Crippen molar-refractivity contribution in [3.05, 3.63) is 65.7 Å². The molecule has 0 aliphatic rings. The highest BCUT2D eigenvalue weighted by Crippen LogP contribution is 2.17. The van der Waals surface area contributed by atoms with Crippen LogP contribution in [-0.4, -0.2) is 42.2 Å². The second kappa shape index (κ2) is 9.97. The molecule has 25 heavy (non-hydrogen) atoms. The largest absolute Gasteiger partial charge is 0.395 e. The zero-order valence-corrected chi connectivity index (χ0v) is 15.1. The normalized spacial score (nSPS) is 11.1. The minimum Gasteiger partial charge on any atom is -0.395 e. The van der Waals surface area contributed by atoms with Crippen LogP contribution in [-0.2, 0) is 11.2 Å². The van der Waals surface area contributed by atoms with E-state index in [0.717, 1.165) is 18.7 Å². The van der Waals surface area contributed by atoms with E-state index in [9.17, 15) is 9.90 Å². The van der Waals surface area contributed by atoms with Gasteiger partial charge in [0.1, 0.15) is 0 Å². The third-order valence-corrected chi connectivity index (χ3v) is 4.20. The lowest BCUT2D eigenvalue weighted by Gasteiger charge is -2.21. The van der Waals surface area contributed by atoms with Gasteiger partial charge in [0.05, 0.1) is 13.2 Å². The van der Waals surface area contributed by atoms with Crippen molar-refractivity contribution in [1.29, 1.82) is 0 Å². The number of carbonyl (C=O) groups excluding carboxylic acids is 1. The monoisotopic (exact) mass is 340 g/mol. The molecule has 0 saturated carbocycles. The summed E-state index contributed by atoms with van der Waals surface area (Å²) in [7, 11) is 0. The first kappa shape index (κ1) is 19.2. The Hall–Kier alpha value is -2.17. The number of nitrogens with one attached hydrogen (secondary N) is 1. The molecule has 2 rings (SSSR count). The number of carbonyl (C=O) groups is 1. The van der Waals surface area contributed by atoms with Gasteiger partial charge in [0.2, 0.25) is 5.91 Å². The molecule has 0 aliphatic heterocycles. The maximum atomic E-state index is 12.3. The average Bonchev–Trinajstić information content (AvgIpc) is 2.61. The van der Waals surface area contributed by atoms with Gasteiger partial charge in [-0.3, -0.25) is 9.69 Å². The minimum atomic E-state index is -0.0567. The molecular formula is C21H28N2O2. The summed E-state index contributed by atoms with van der Waals surface area (Å²) >= 11 is 0. The summed E-state index contributed by atoms with van der Waals surface area (Å²) in [6.07, 6.45) is 0.858. The van der Waals surface area contributed by atoms with Crippen LogP contribution in [0.5, 0.6) is 0 Å². The zero-order chi connectivity index (χ0) is 18.1. The Balaban J connectivity index is 1.86. The number of amides is 1. The molecule has 1 amide bonds. The Bertz CT molecular complexity index is 639. The maximum absolute atomic E-state index is 12.3. The molecular weight excluding hydrogens is 312 g/mol. The third-order valence-electron chi connectivity index (χ3n) is 4.20. The summed E-state index contributed by atoms with van der Waals surface area (Å²) in [4.78, 5) is 14.3. The van der Waals surface area contributed by atoms with E-state index < -0.39 is 0 Å². The molecule has 0 saturated heterocycles. The number of aliphatic hydroxyl groups is 1. The number of rotatable bonds is 9. The molecule has 134 valence electrons. The van der Waals surface area contributed by atoms with Gasteiger partial charge in [-0.2, -0.15) is 0 Å². The van der Waals surface area contributed by atoms with Gasteiger partial charge < -0.3 is 10.4 Å². The molecule has 4 nitrogen and oxygen atoms in total. The first-order chi connectivity index (χ1) is 12.1. The van der Waals surface area contributed by atoms with E-state index in [0.29, 0.717) is 12.5 Å². The molecule has 0 fully saturated rings. The lowest BCUT2D eigenvalue weighted by molar-refractivity contribution is -0.117. The van der Waals surface area contributed by atoms with Crippen LogP contribution in [0.25, 0.3) is 0 Å². The van der Waals surface area contributed by atoms with Gasteiger partial charge in [0.25, 0.3) is 0 Å². The Kier molecular flexibility index (Phi) is 7.64. The molecule has 2 aromatic carbocycles. The molecule has 0 bridgehead atoms. The van der Waals surface area contributed by atoms with Crippen LogP contribution in [0.2, 0.25) is 0 Å². The van der Waals surface area contributed by atoms with Crippen LogP contribution >= 0.6 is 0 Å². The van der Waals surface area contributed by atoms with Crippen molar-refractivity contribution in [3.8, 4) is 0 Å². The van der Waals surface area contributed by atoms with Crippen LogP contribution in [0.1, 0.15) is 30.9 Å². The maximum Gasteiger partial charge on any atom is 0.238 e. The SMILES string of the molecule is CC(C)c1ccc(NC(=O)CN(CCO)CCc2ccccc2)cc1. The first-order valence-corrected chi connectivity index (χ1v) is 8.85. The van der Waals surface area contributed by atoms with Crippen molar-refractivity contribution < 1.29 is 9.90 Å². The molecule has 0 aliphatic carbocycles. The lowest BCUT2D eigenvalue weighted by atomic mass is 10.0. The summed E-state index contributed by atoms with van der Waals surface area (Å²) in [6, 6.07) is 18.1. The molecule has 2 N–H and O–H groups in total. The van der Waals surface area contributed by atoms with Crippen molar-refractivity contribution in [1.82, 2.24) is 4.90 Å². The van der Waals surface area contributed by atoms with E-state index in [4.69, 9.17) is 0 Å². The fourth-order valence-electron chi connectivity index (χ4n) is 2.70. The van der Waals surface area contributed by atoms with Crippen molar-refractivity contribution in [2.75, 3.05) is 31.6 Å². The van der Waals surface area contributed by atoms with Crippen LogP contribution in [0.15, 0.2) is 54.6 Å². The van der Waals surface area contributed by atoms with E-state index in [1.807, 2.05) is 47.4 Å². The van der Waals surface area contributed by atoms with E-state index in [1.165, 1.54) is 11.1 Å². The number of nitrogens with zero attached hydrogens (tertiary/aromatic N) is 1. The highest BCUT2D eigenvalue weighted by atomic mass is 16.3. The van der Waals surface area contributed by atoms with Crippen LogP contribution in [0, 0.1) is 0 Å². The number of hydrogen-bond acceptors (Lipinski definition) is 3. The Morgan fingerprint density at radius 2 is 1.72 bits per heavy atom. The van der Waals surface area contributed by atoms with Crippen molar-refractivity contribution in [3.63, 3.8) is 0 Å². The van der Waals surface area contributed by atoms with Crippen molar-refractivity contribution in [2.24, 2.45) is 0 Å². The molecule has 0 radical (unpaired) electrons. The van der Waals surface area contributed by atoms with Gasteiger partial charge in [-0.1, -0.05) is 56.3 Å². The second-order valence-electron chi connectivity index (χ2n) is 6.56. The van der Waals surface area contributed by atoms with Crippen LogP contribution in [0.3, 0.4) is 0 Å². The summed E-state index contributed by atoms with van der Waals surface area (Å²) in [5, 5.41) is 12.2. The van der Waals surface area contributed by atoms with Crippen LogP contribution < -0.4 is 5.32 Å². The molecule has 0 spiro atoms. The molecule has 4 heteroatoms. The summed E-state index contributed by atoms with van der Waals surface area (Å²) in [6.45, 7) is 5.85. The number of anilines is 1. The Labute approximate surface area is 150 Å². The van der Waals surface area contributed by atoms with E-state index >= 15 is 0 Å². The van der Waals surface area contributed by atoms with Gasteiger partial charge in [0.15, 0.2) is 0 Å². The number of aliphatic hydroxyl groups excluding tert-OH is 1. The van der Waals surface area contributed by atoms with E-state index in [-0.39, 0.29) is 19.1 Å². The van der Waals surface area contributed by atoms with Crippen molar-refractivity contribution in [2.45, 2.75) is 26.2 Å². The highest BCUT2D eigenvalue weighted by molar-refractivity contribution is 5.92. The van der Waals surface area contributed by atoms with Gasteiger partial charge >= 0.3 is 0 Å². The predicted octanol–water partition coefficient (Wildman–Crippen LogP) is 3.29. The quantitative estimate of drug-likeness (QED) is 0.736. The van der Waals surface area contributed by atoms with Gasteiger partial charge in [-0.05, 0) is 35.6 Å². The summed E-state index contributed by atoms with van der Waals surface area (Å²) in [5.74, 6) is 0.418. The molecule has 2 aromatic rings. The lowest BCUT2D eigenvalue weighted by Crippen LogP contribution is -2.36. The number of benzene rings is 2. The average molecular weight is 340 g/mol. The smallest absolute Gasteiger partial charge is 0.238 e. The molecule has 0 aromatic heterocycles. The van der Waals surface area contributed by atoms with Gasteiger partial charge in [0, 0.05) is 18.8 Å². The van der Waals surface area contributed by atoms with Gasteiger partial charge in [-0.25, -0.2) is 0 Å². The third kappa shape index (κ3) is 6.69. The molecule has 0 atom stereocenters. The second-order valence-corrected chi connectivity index (χ2v) is 6.56. The number of hydrogen-bond donors (Lipinski definition) is 2. The molecule has 0 unspecified atom stereocenters. The van der Waals surface area contributed by atoms with Gasteiger partial charge in [-0.15, -0.1) is 0 Å². The standard InChI is InChI=1S/C21H28N2O2/c1-17(2)19-8-10-20(11-9-19)22-21(25)16-23(14-15-24)13-12-18-6-4-3-5-7-18/h3-11,17,24H,12-16H2,1-2H3,(H,22,25). The Morgan fingerprint density at radius 3 is 2.32 bits per heavy atom. The van der Waals surface area contributed by atoms with Crippen LogP contribution in [0.4, 0.5) is 5.69 Å².